The fourth-order valence-corrected chi connectivity index (χ4v) is 1.30. The Bertz CT molecular complexity index is 393. The molecule has 0 radical (unpaired) electrons. The molecule has 0 bridgehead atoms. The third kappa shape index (κ3) is 4.63. The van der Waals surface area contributed by atoms with Crippen molar-refractivity contribution in [2.24, 2.45) is 0 Å². The second kappa shape index (κ2) is 7.55. The molecule has 0 aliphatic rings. The van der Waals surface area contributed by atoms with E-state index < -0.39 is 5.97 Å². The fourth-order valence-electron chi connectivity index (χ4n) is 1.30. The van der Waals surface area contributed by atoms with Crippen molar-refractivity contribution in [2.75, 3.05) is 25.6 Å². The molecule has 1 aromatic carbocycles. The first-order valence-electron chi connectivity index (χ1n) is 5.98. The number of unbranched alkanes of at least 4 members (excludes halogenated alkanes) is 1. The van der Waals surface area contributed by atoms with Crippen LogP contribution in [0.25, 0.3) is 0 Å². The smallest absolute Gasteiger partial charge is 0.338 e. The van der Waals surface area contributed by atoms with E-state index in [-0.39, 0.29) is 23.6 Å². The van der Waals surface area contributed by atoms with E-state index in [1.807, 2.05) is 0 Å². The summed E-state index contributed by atoms with van der Waals surface area (Å²) >= 11 is 0. The van der Waals surface area contributed by atoms with E-state index in [4.69, 9.17) is 15.2 Å². The summed E-state index contributed by atoms with van der Waals surface area (Å²) in [6.07, 6.45) is 2.07. The Morgan fingerprint density at radius 2 is 2.11 bits per heavy atom. The lowest BCUT2D eigenvalue weighted by atomic mass is 10.2. The highest BCUT2D eigenvalue weighted by atomic mass is 16.6. The van der Waals surface area contributed by atoms with Gasteiger partial charge in [0, 0.05) is 6.61 Å². The zero-order valence-electron chi connectivity index (χ0n) is 10.5. The molecule has 5 nitrogen and oxygen atoms in total. The Morgan fingerprint density at radius 3 is 2.78 bits per heavy atom. The van der Waals surface area contributed by atoms with Gasteiger partial charge in [-0.2, -0.15) is 0 Å². The lowest BCUT2D eigenvalue weighted by Gasteiger charge is -2.06. The van der Waals surface area contributed by atoms with Gasteiger partial charge in [-0.05, 0) is 24.6 Å². The molecule has 0 spiro atoms. The van der Waals surface area contributed by atoms with Gasteiger partial charge in [0.25, 0.3) is 0 Å². The molecule has 0 saturated carbocycles. The number of hydrogen-bond donors (Lipinski definition) is 2. The zero-order chi connectivity index (χ0) is 13.4. The van der Waals surface area contributed by atoms with Gasteiger partial charge >= 0.3 is 5.97 Å². The van der Waals surface area contributed by atoms with Crippen LogP contribution in [0, 0.1) is 0 Å². The second-order valence-electron chi connectivity index (χ2n) is 3.88. The van der Waals surface area contributed by atoms with E-state index in [1.54, 1.807) is 0 Å². The van der Waals surface area contributed by atoms with Crippen molar-refractivity contribution < 1.29 is 19.4 Å². The summed E-state index contributed by atoms with van der Waals surface area (Å²) in [6, 6.07) is 4.26. The number of hydrogen-bond acceptors (Lipinski definition) is 5. The molecule has 1 aromatic rings. The Balaban J connectivity index is 2.30. The van der Waals surface area contributed by atoms with Crippen LogP contribution in [0.1, 0.15) is 30.1 Å². The molecule has 0 unspecified atom stereocenters. The van der Waals surface area contributed by atoms with Gasteiger partial charge in [-0.3, -0.25) is 0 Å². The number of esters is 1. The molecule has 18 heavy (non-hydrogen) atoms. The minimum Gasteiger partial charge on any atom is -0.506 e. The molecule has 0 aliphatic heterocycles. The van der Waals surface area contributed by atoms with Crippen molar-refractivity contribution in [3.05, 3.63) is 23.8 Å². The summed E-state index contributed by atoms with van der Waals surface area (Å²) in [5.41, 5.74) is 5.94. The van der Waals surface area contributed by atoms with Crippen molar-refractivity contribution >= 4 is 11.7 Å². The van der Waals surface area contributed by atoms with Gasteiger partial charge in [-0.1, -0.05) is 13.3 Å². The molecule has 0 aromatic heterocycles. The van der Waals surface area contributed by atoms with Crippen molar-refractivity contribution in [1.82, 2.24) is 0 Å². The van der Waals surface area contributed by atoms with Crippen molar-refractivity contribution in [1.29, 1.82) is 0 Å². The average molecular weight is 253 g/mol. The first-order valence-corrected chi connectivity index (χ1v) is 5.98. The number of carbonyl (C=O) groups excluding carboxylic acids is 1. The third-order valence-electron chi connectivity index (χ3n) is 2.37. The summed E-state index contributed by atoms with van der Waals surface area (Å²) in [6.45, 7) is 3.34. The van der Waals surface area contributed by atoms with Crippen molar-refractivity contribution in [3.8, 4) is 5.75 Å². The summed E-state index contributed by atoms with van der Waals surface area (Å²) < 4.78 is 10.2. The van der Waals surface area contributed by atoms with Crippen LogP contribution in [-0.2, 0) is 9.47 Å². The van der Waals surface area contributed by atoms with Gasteiger partial charge in [-0.15, -0.1) is 0 Å². The normalized spacial score (nSPS) is 10.3. The van der Waals surface area contributed by atoms with E-state index in [9.17, 15) is 9.90 Å². The maximum atomic E-state index is 11.6. The largest absolute Gasteiger partial charge is 0.506 e. The van der Waals surface area contributed by atoms with Gasteiger partial charge in [0.2, 0.25) is 0 Å². The quantitative estimate of drug-likeness (QED) is 0.336. The first kappa shape index (κ1) is 14.3. The second-order valence-corrected chi connectivity index (χ2v) is 3.88. The number of benzene rings is 1. The molecule has 0 aliphatic carbocycles. The number of aromatic hydroxyl groups is 1. The maximum Gasteiger partial charge on any atom is 0.338 e. The lowest BCUT2D eigenvalue weighted by molar-refractivity contribution is 0.0313. The summed E-state index contributed by atoms with van der Waals surface area (Å²) in [4.78, 5) is 11.6. The Labute approximate surface area is 107 Å². The zero-order valence-corrected chi connectivity index (χ0v) is 10.5. The number of carbonyl (C=O) groups is 1. The number of anilines is 1. The number of ether oxygens (including phenoxy) is 2. The number of phenols is 1. The van der Waals surface area contributed by atoms with E-state index >= 15 is 0 Å². The van der Waals surface area contributed by atoms with Crippen LogP contribution >= 0.6 is 0 Å². The van der Waals surface area contributed by atoms with Gasteiger partial charge < -0.3 is 20.3 Å². The Kier molecular flexibility index (Phi) is 6.00. The van der Waals surface area contributed by atoms with Gasteiger partial charge in [0.05, 0.1) is 17.9 Å². The van der Waals surface area contributed by atoms with Crippen LogP contribution in [-0.4, -0.2) is 30.9 Å². The fraction of sp³-hybridized carbons (Fsp3) is 0.462. The lowest BCUT2D eigenvalue weighted by Crippen LogP contribution is -2.11. The van der Waals surface area contributed by atoms with Crippen LogP contribution in [0.3, 0.4) is 0 Å². The topological polar surface area (TPSA) is 81.8 Å². The molecule has 0 heterocycles. The predicted octanol–water partition coefficient (Wildman–Crippen LogP) is 1.95. The van der Waals surface area contributed by atoms with Crippen molar-refractivity contribution in [2.45, 2.75) is 19.8 Å². The summed E-state index contributed by atoms with van der Waals surface area (Å²) in [5, 5.41) is 9.36. The SMILES string of the molecule is CCCCOCCOC(=O)c1ccc(N)c(O)c1. The maximum absolute atomic E-state index is 11.6. The predicted molar refractivity (Wildman–Crippen MR) is 68.5 cm³/mol. The molecular formula is C13H19NO4. The molecule has 100 valence electrons. The molecular weight excluding hydrogens is 234 g/mol. The standard InChI is InChI=1S/C13H19NO4/c1-2-3-6-17-7-8-18-13(16)10-4-5-11(14)12(15)9-10/h4-5,9,15H,2-3,6-8,14H2,1H3. The van der Waals surface area contributed by atoms with Crippen LogP contribution in [0.5, 0.6) is 5.75 Å². The van der Waals surface area contributed by atoms with Gasteiger partial charge in [0.1, 0.15) is 12.4 Å². The van der Waals surface area contributed by atoms with E-state index in [2.05, 4.69) is 6.92 Å². The Morgan fingerprint density at radius 1 is 1.33 bits per heavy atom. The molecule has 0 saturated heterocycles. The number of nitrogen functional groups attached to an aromatic ring is 1. The highest BCUT2D eigenvalue weighted by Crippen LogP contribution is 2.20. The molecule has 5 heteroatoms. The van der Waals surface area contributed by atoms with Crippen LogP contribution in [0.4, 0.5) is 5.69 Å². The van der Waals surface area contributed by atoms with E-state index in [0.717, 1.165) is 12.8 Å². The highest BCUT2D eigenvalue weighted by molar-refractivity contribution is 5.90. The number of nitrogens with two attached hydrogens (primary N) is 1. The highest BCUT2D eigenvalue weighted by Gasteiger charge is 2.09. The molecule has 0 amide bonds. The average Bonchev–Trinajstić information content (AvgIpc) is 2.36. The number of rotatable bonds is 7. The van der Waals surface area contributed by atoms with Crippen LogP contribution in [0.2, 0.25) is 0 Å². The molecule has 0 fully saturated rings. The van der Waals surface area contributed by atoms with Gasteiger partial charge in [-0.25, -0.2) is 4.79 Å². The minimum absolute atomic E-state index is 0.122. The first-order chi connectivity index (χ1) is 8.65. The van der Waals surface area contributed by atoms with Crippen LogP contribution in [0.15, 0.2) is 18.2 Å². The van der Waals surface area contributed by atoms with Crippen LogP contribution < -0.4 is 5.73 Å². The molecule has 3 N–H and O–H groups in total. The van der Waals surface area contributed by atoms with Gasteiger partial charge in [0.15, 0.2) is 0 Å². The summed E-state index contributed by atoms with van der Waals surface area (Å²) in [5.74, 6) is -0.618. The van der Waals surface area contributed by atoms with E-state index in [1.165, 1.54) is 18.2 Å². The monoisotopic (exact) mass is 253 g/mol. The number of phenolic OH excluding ortho intramolecular Hbond substituents is 1. The molecule has 1 rings (SSSR count). The van der Waals surface area contributed by atoms with E-state index in [0.29, 0.717) is 13.2 Å². The Hall–Kier alpha value is -1.75. The molecule has 0 atom stereocenters. The third-order valence-corrected chi connectivity index (χ3v) is 2.37. The van der Waals surface area contributed by atoms with Crippen molar-refractivity contribution in [3.63, 3.8) is 0 Å². The minimum atomic E-state index is -0.496. The summed E-state index contributed by atoms with van der Waals surface area (Å²) in [7, 11) is 0.